The van der Waals surface area contributed by atoms with Crippen LogP contribution in [0, 0.1) is 10.1 Å². The summed E-state index contributed by atoms with van der Waals surface area (Å²) in [5.74, 6) is -0.314. The standard InChI is InChI=1S/C21H30N2O5/c1-3-5-7-8-9-10-13-22-18-15-16(23(26)27)11-12-17(18)19(24)20(21(22)25)28-14-6-4-2/h11-12,15,24H,3-10,13-14H2,1-2H3. The highest BCUT2D eigenvalue weighted by Gasteiger charge is 2.20. The van der Waals surface area contributed by atoms with Crippen molar-refractivity contribution >= 4 is 16.6 Å². The molecule has 1 heterocycles. The fraction of sp³-hybridized carbons (Fsp3) is 0.571. The number of nitro groups is 1. The van der Waals surface area contributed by atoms with E-state index in [0.29, 0.717) is 24.1 Å². The minimum Gasteiger partial charge on any atom is -0.504 e. The largest absolute Gasteiger partial charge is 0.504 e. The van der Waals surface area contributed by atoms with Crippen molar-refractivity contribution in [3.8, 4) is 11.5 Å². The van der Waals surface area contributed by atoms with Crippen LogP contribution in [0.25, 0.3) is 10.9 Å². The lowest BCUT2D eigenvalue weighted by Gasteiger charge is -2.15. The number of aromatic nitrogens is 1. The third-order valence-corrected chi connectivity index (χ3v) is 4.87. The van der Waals surface area contributed by atoms with Crippen molar-refractivity contribution in [3.63, 3.8) is 0 Å². The van der Waals surface area contributed by atoms with Crippen molar-refractivity contribution < 1.29 is 14.8 Å². The number of hydrogen-bond donors (Lipinski definition) is 1. The van der Waals surface area contributed by atoms with E-state index >= 15 is 0 Å². The van der Waals surface area contributed by atoms with E-state index in [2.05, 4.69) is 6.92 Å². The first-order chi connectivity index (χ1) is 13.5. The number of nitro benzene ring substituents is 1. The number of aromatic hydroxyl groups is 1. The number of benzene rings is 1. The first-order valence-corrected chi connectivity index (χ1v) is 10.2. The molecule has 1 aromatic carbocycles. The number of fused-ring (bicyclic) bond motifs is 1. The Morgan fingerprint density at radius 2 is 1.75 bits per heavy atom. The van der Waals surface area contributed by atoms with E-state index in [-0.39, 0.29) is 17.2 Å². The molecule has 2 aromatic rings. The van der Waals surface area contributed by atoms with Gasteiger partial charge in [0.25, 0.3) is 11.2 Å². The zero-order chi connectivity index (χ0) is 20.5. The topological polar surface area (TPSA) is 94.6 Å². The maximum absolute atomic E-state index is 13.0. The quantitative estimate of drug-likeness (QED) is 0.307. The van der Waals surface area contributed by atoms with Gasteiger partial charge in [-0.1, -0.05) is 52.4 Å². The Bertz CT molecular complexity index is 860. The first kappa shape index (κ1) is 21.7. The summed E-state index contributed by atoms with van der Waals surface area (Å²) in [5, 5.41) is 22.1. The summed E-state index contributed by atoms with van der Waals surface area (Å²) in [6.45, 7) is 4.95. The molecule has 0 aliphatic carbocycles. The van der Waals surface area contributed by atoms with Crippen LogP contribution < -0.4 is 10.3 Å². The van der Waals surface area contributed by atoms with Gasteiger partial charge in [0.15, 0.2) is 5.75 Å². The zero-order valence-electron chi connectivity index (χ0n) is 16.8. The lowest BCUT2D eigenvalue weighted by Crippen LogP contribution is -2.23. The van der Waals surface area contributed by atoms with Crippen LogP contribution in [0.15, 0.2) is 23.0 Å². The molecule has 0 bridgehead atoms. The highest BCUT2D eigenvalue weighted by molar-refractivity contribution is 5.89. The van der Waals surface area contributed by atoms with Crippen molar-refractivity contribution in [2.75, 3.05) is 6.61 Å². The van der Waals surface area contributed by atoms with E-state index in [4.69, 9.17) is 4.74 Å². The van der Waals surface area contributed by atoms with Crippen LogP contribution in [0.3, 0.4) is 0 Å². The van der Waals surface area contributed by atoms with E-state index in [9.17, 15) is 20.0 Å². The van der Waals surface area contributed by atoms with Crippen molar-refractivity contribution in [1.29, 1.82) is 0 Å². The van der Waals surface area contributed by atoms with Crippen molar-refractivity contribution in [1.82, 2.24) is 4.57 Å². The summed E-state index contributed by atoms with van der Waals surface area (Å²) in [6, 6.07) is 4.16. The van der Waals surface area contributed by atoms with Gasteiger partial charge < -0.3 is 14.4 Å². The van der Waals surface area contributed by atoms with Crippen LogP contribution in [0.2, 0.25) is 0 Å². The monoisotopic (exact) mass is 390 g/mol. The number of pyridine rings is 1. The molecule has 2 rings (SSSR count). The van der Waals surface area contributed by atoms with Gasteiger partial charge in [-0.25, -0.2) is 0 Å². The van der Waals surface area contributed by atoms with Crippen molar-refractivity contribution in [2.45, 2.75) is 71.8 Å². The van der Waals surface area contributed by atoms with Gasteiger partial charge >= 0.3 is 0 Å². The van der Waals surface area contributed by atoms with Gasteiger partial charge in [-0.3, -0.25) is 14.9 Å². The Hall–Kier alpha value is -2.57. The highest BCUT2D eigenvalue weighted by Crippen LogP contribution is 2.33. The van der Waals surface area contributed by atoms with Gasteiger partial charge in [0, 0.05) is 24.1 Å². The molecule has 0 amide bonds. The van der Waals surface area contributed by atoms with Crippen LogP contribution in [-0.4, -0.2) is 21.2 Å². The number of non-ortho nitro benzene ring substituents is 1. The van der Waals surface area contributed by atoms with Crippen LogP contribution in [0.1, 0.15) is 65.2 Å². The number of hydrogen-bond acceptors (Lipinski definition) is 5. The molecule has 1 N–H and O–H groups in total. The van der Waals surface area contributed by atoms with E-state index in [1.54, 1.807) is 0 Å². The molecule has 1 aromatic heterocycles. The molecular formula is C21H30N2O5. The van der Waals surface area contributed by atoms with E-state index in [1.807, 2.05) is 6.92 Å². The Balaban J connectivity index is 2.39. The van der Waals surface area contributed by atoms with Crippen LogP contribution in [0.4, 0.5) is 5.69 Å². The molecule has 0 atom stereocenters. The predicted molar refractivity (Wildman–Crippen MR) is 110 cm³/mol. The lowest BCUT2D eigenvalue weighted by atomic mass is 10.1. The number of aryl methyl sites for hydroxylation is 1. The smallest absolute Gasteiger partial charge is 0.297 e. The average molecular weight is 390 g/mol. The fourth-order valence-corrected chi connectivity index (χ4v) is 3.23. The summed E-state index contributed by atoms with van der Waals surface area (Å²) in [7, 11) is 0. The molecule has 0 unspecified atom stereocenters. The predicted octanol–water partition coefficient (Wildman–Crippen LogP) is 5.15. The molecule has 0 saturated heterocycles. The van der Waals surface area contributed by atoms with Gasteiger partial charge in [0.1, 0.15) is 0 Å². The SMILES string of the molecule is CCCCCCCCn1c(=O)c(OCCCC)c(O)c2ccc([N+](=O)[O-])cc21. The van der Waals surface area contributed by atoms with Gasteiger partial charge in [0.05, 0.1) is 17.0 Å². The maximum Gasteiger partial charge on any atom is 0.297 e. The van der Waals surface area contributed by atoms with Crippen molar-refractivity contribution in [3.05, 3.63) is 38.7 Å². The Kier molecular flexibility index (Phi) is 8.29. The molecule has 0 aliphatic heterocycles. The molecule has 154 valence electrons. The summed E-state index contributed by atoms with van der Waals surface area (Å²) in [4.78, 5) is 23.6. The second-order valence-corrected chi connectivity index (χ2v) is 7.06. The minimum atomic E-state index is -0.498. The molecule has 0 spiro atoms. The Morgan fingerprint density at radius 1 is 1.07 bits per heavy atom. The zero-order valence-corrected chi connectivity index (χ0v) is 16.8. The van der Waals surface area contributed by atoms with E-state index < -0.39 is 10.5 Å². The summed E-state index contributed by atoms with van der Waals surface area (Å²) >= 11 is 0. The van der Waals surface area contributed by atoms with E-state index in [0.717, 1.165) is 32.1 Å². The average Bonchev–Trinajstić information content (AvgIpc) is 2.69. The van der Waals surface area contributed by atoms with Gasteiger partial charge in [-0.05, 0) is 18.9 Å². The Morgan fingerprint density at radius 3 is 2.43 bits per heavy atom. The number of rotatable bonds is 12. The van der Waals surface area contributed by atoms with Gasteiger partial charge in [0.2, 0.25) is 5.75 Å². The summed E-state index contributed by atoms with van der Waals surface area (Å²) in [6.07, 6.45) is 8.09. The lowest BCUT2D eigenvalue weighted by molar-refractivity contribution is -0.384. The molecule has 7 nitrogen and oxygen atoms in total. The molecule has 0 fully saturated rings. The molecule has 0 radical (unpaired) electrons. The minimum absolute atomic E-state index is 0.0687. The summed E-state index contributed by atoms with van der Waals surface area (Å²) < 4.78 is 7.08. The van der Waals surface area contributed by atoms with Crippen LogP contribution in [0.5, 0.6) is 11.5 Å². The second kappa shape index (κ2) is 10.7. The van der Waals surface area contributed by atoms with Gasteiger partial charge in [-0.2, -0.15) is 0 Å². The van der Waals surface area contributed by atoms with Gasteiger partial charge in [-0.15, -0.1) is 0 Å². The third-order valence-electron chi connectivity index (χ3n) is 4.87. The fourth-order valence-electron chi connectivity index (χ4n) is 3.23. The molecule has 0 aliphatic rings. The number of nitrogens with zero attached hydrogens (tertiary/aromatic N) is 2. The van der Waals surface area contributed by atoms with Crippen LogP contribution >= 0.6 is 0 Å². The van der Waals surface area contributed by atoms with Crippen molar-refractivity contribution in [2.24, 2.45) is 0 Å². The molecule has 0 saturated carbocycles. The normalized spacial score (nSPS) is 11.1. The van der Waals surface area contributed by atoms with E-state index in [1.165, 1.54) is 42.0 Å². The number of ether oxygens (including phenoxy) is 1. The van der Waals surface area contributed by atoms with Crippen LogP contribution in [-0.2, 0) is 6.54 Å². The highest BCUT2D eigenvalue weighted by atomic mass is 16.6. The first-order valence-electron chi connectivity index (χ1n) is 10.2. The molecule has 7 heteroatoms. The third kappa shape index (κ3) is 5.24. The maximum atomic E-state index is 13.0. The summed E-state index contributed by atoms with van der Waals surface area (Å²) in [5.41, 5.74) is -0.175. The molecular weight excluding hydrogens is 360 g/mol. The molecule has 28 heavy (non-hydrogen) atoms. The Labute approximate surface area is 165 Å². The number of unbranched alkanes of at least 4 members (excludes halogenated alkanes) is 6. The second-order valence-electron chi connectivity index (χ2n) is 7.06.